The zero-order valence-electron chi connectivity index (χ0n) is 9.80. The fraction of sp³-hybridized carbons (Fsp3) is 0.462. The van der Waals surface area contributed by atoms with Crippen LogP contribution in [0.1, 0.15) is 39.7 Å². The Balaban J connectivity index is 0. The monoisotopic (exact) mass is 265 g/mol. The minimum Gasteiger partial charge on any atom is -0.323 e. The van der Waals surface area contributed by atoms with E-state index in [2.05, 4.69) is 39.8 Å². The summed E-state index contributed by atoms with van der Waals surface area (Å²) in [7, 11) is 0. The van der Waals surface area contributed by atoms with Gasteiger partial charge in [-0.15, -0.1) is 0 Å². The predicted octanol–water partition coefficient (Wildman–Crippen LogP) is 4.06. The smallest absolute Gasteiger partial charge is 0 e. The molecule has 0 aliphatic heterocycles. The summed E-state index contributed by atoms with van der Waals surface area (Å²) in [4.78, 5) is 0. The summed E-state index contributed by atoms with van der Waals surface area (Å²) in [5, 5.41) is 0. The maximum atomic E-state index is 3.05. The number of benzene rings is 1. The van der Waals surface area contributed by atoms with E-state index in [1.165, 1.54) is 24.3 Å². The van der Waals surface area contributed by atoms with Gasteiger partial charge in [-0.3, -0.25) is 0 Å². The largest absolute Gasteiger partial charge is 0.323 e. The zero-order valence-corrected chi connectivity index (χ0v) is 12.6. The average molecular weight is 265 g/mol. The van der Waals surface area contributed by atoms with Gasteiger partial charge < -0.3 is 5.92 Å². The molecule has 0 saturated heterocycles. The van der Waals surface area contributed by atoms with Gasteiger partial charge in [-0.2, -0.15) is 56.7 Å². The molecule has 1 heteroatoms. The Hall–Kier alpha value is 0.324. The molecule has 0 fully saturated rings. The molecule has 1 radical (unpaired) electrons. The third kappa shape index (κ3) is 12.3. The molecule has 0 amide bonds. The first-order valence-electron chi connectivity index (χ1n) is 4.88. The molecule has 0 aliphatic carbocycles. The second-order valence-corrected chi connectivity index (χ2v) is 3.66. The molecule has 0 N–H and O–H groups in total. The molecule has 0 unspecified atom stereocenters. The van der Waals surface area contributed by atoms with Gasteiger partial charge in [0.15, 0.2) is 0 Å². The van der Waals surface area contributed by atoms with E-state index < -0.39 is 0 Å². The van der Waals surface area contributed by atoms with Crippen molar-refractivity contribution in [3.8, 4) is 0 Å². The van der Waals surface area contributed by atoms with Crippen LogP contribution in [0, 0.1) is 12.0 Å². The first kappa shape index (κ1) is 16.7. The molecule has 0 bridgehead atoms. The molecular formula is C13H20Y-2. The first-order chi connectivity index (χ1) is 6.16. The summed E-state index contributed by atoms with van der Waals surface area (Å²) < 4.78 is 0. The van der Waals surface area contributed by atoms with E-state index in [-0.39, 0.29) is 32.7 Å². The molecule has 1 aromatic rings. The molecule has 0 aliphatic rings. The van der Waals surface area contributed by atoms with Gasteiger partial charge >= 0.3 is 0 Å². The van der Waals surface area contributed by atoms with Crippen molar-refractivity contribution in [3.05, 3.63) is 41.8 Å². The topological polar surface area (TPSA) is 0 Å². The summed E-state index contributed by atoms with van der Waals surface area (Å²) in [6.07, 6.45) is 2.40. The van der Waals surface area contributed by atoms with E-state index in [1.54, 1.807) is 0 Å². The van der Waals surface area contributed by atoms with Gasteiger partial charge in [-0.05, 0) is 0 Å². The van der Waals surface area contributed by atoms with Crippen molar-refractivity contribution in [3.63, 3.8) is 0 Å². The molecule has 0 heterocycles. The van der Waals surface area contributed by atoms with Crippen molar-refractivity contribution in [1.82, 2.24) is 0 Å². The van der Waals surface area contributed by atoms with Crippen LogP contribution in [0.15, 0.2) is 24.3 Å². The molecule has 0 atom stereocenters. The van der Waals surface area contributed by atoms with E-state index >= 15 is 0 Å². The number of hydrogen-bond acceptors (Lipinski definition) is 0. The van der Waals surface area contributed by atoms with E-state index in [9.17, 15) is 0 Å². The fourth-order valence-corrected chi connectivity index (χ4v) is 0.875. The van der Waals surface area contributed by atoms with Gasteiger partial charge in [0.1, 0.15) is 0 Å². The Kier molecular flexibility index (Phi) is 13.6. The Labute approximate surface area is 114 Å². The molecule has 1 aromatic carbocycles. The number of rotatable bonds is 2. The molecule has 0 spiro atoms. The maximum absolute atomic E-state index is 3.05. The van der Waals surface area contributed by atoms with Gasteiger partial charge in [-0.1, -0.05) is 19.8 Å². The summed E-state index contributed by atoms with van der Waals surface area (Å²) in [6, 6.07) is 11.2. The van der Waals surface area contributed by atoms with Crippen LogP contribution >= 0.6 is 0 Å². The fourth-order valence-electron chi connectivity index (χ4n) is 0.875. The van der Waals surface area contributed by atoms with Gasteiger partial charge in [-0.25, -0.2) is 0 Å². The quantitative estimate of drug-likeness (QED) is 0.707. The van der Waals surface area contributed by atoms with Crippen LogP contribution < -0.4 is 0 Å². The normalized spacial score (nSPS) is 8.64. The molecular weight excluding hydrogens is 245 g/mol. The van der Waals surface area contributed by atoms with Crippen molar-refractivity contribution >= 4 is 0 Å². The predicted molar refractivity (Wildman–Crippen MR) is 59.5 cm³/mol. The standard InChI is InChI=1S/C9H11.C4H9.Y/c1-2-6-9-7-4-3-5-8-9;1-4(2)3;/h3-4,7-8H,2,6H2,1H3;1-3H3;/q2*-1;. The van der Waals surface area contributed by atoms with Crippen molar-refractivity contribution < 1.29 is 32.7 Å². The number of hydrogen-bond donors (Lipinski definition) is 0. The van der Waals surface area contributed by atoms with Crippen LogP contribution in [0.2, 0.25) is 0 Å². The van der Waals surface area contributed by atoms with Crippen LogP contribution in [-0.2, 0) is 39.1 Å². The van der Waals surface area contributed by atoms with E-state index in [4.69, 9.17) is 0 Å². The van der Waals surface area contributed by atoms with Crippen LogP contribution in [-0.4, -0.2) is 0 Å². The first-order valence-corrected chi connectivity index (χ1v) is 4.88. The molecule has 77 valence electrons. The van der Waals surface area contributed by atoms with Gasteiger partial charge in [0.05, 0.1) is 0 Å². The van der Waals surface area contributed by atoms with E-state index in [0.717, 1.165) is 0 Å². The van der Waals surface area contributed by atoms with Crippen molar-refractivity contribution in [2.75, 3.05) is 0 Å². The van der Waals surface area contributed by atoms with E-state index in [0.29, 0.717) is 0 Å². The average Bonchev–Trinajstić information content (AvgIpc) is 2.06. The van der Waals surface area contributed by atoms with Gasteiger partial charge in [0.25, 0.3) is 0 Å². The van der Waals surface area contributed by atoms with Crippen LogP contribution in [0.25, 0.3) is 0 Å². The summed E-state index contributed by atoms with van der Waals surface area (Å²) in [5.41, 5.74) is 1.39. The van der Waals surface area contributed by atoms with Gasteiger partial charge in [0.2, 0.25) is 0 Å². The molecule has 14 heavy (non-hydrogen) atoms. The molecule has 0 nitrogen and oxygen atoms in total. The Morgan fingerprint density at radius 2 is 1.86 bits per heavy atom. The third-order valence-corrected chi connectivity index (χ3v) is 1.31. The Bertz CT molecular complexity index is 189. The minimum atomic E-state index is 0. The second kappa shape index (κ2) is 11.4. The zero-order chi connectivity index (χ0) is 10.1. The molecule has 0 aromatic heterocycles. The van der Waals surface area contributed by atoms with E-state index in [1.807, 2.05) is 18.2 Å². The number of aryl methyl sites for hydroxylation is 1. The maximum Gasteiger partial charge on any atom is 0 e. The summed E-state index contributed by atoms with van der Waals surface area (Å²) in [5.74, 6) is 1.42. The van der Waals surface area contributed by atoms with Crippen LogP contribution in [0.5, 0.6) is 0 Å². The van der Waals surface area contributed by atoms with Gasteiger partial charge in [0, 0.05) is 32.7 Å². The summed E-state index contributed by atoms with van der Waals surface area (Å²) in [6.45, 7) is 8.44. The third-order valence-electron chi connectivity index (χ3n) is 1.31. The molecule has 1 rings (SSSR count). The van der Waals surface area contributed by atoms with Crippen LogP contribution in [0.4, 0.5) is 0 Å². The van der Waals surface area contributed by atoms with Crippen LogP contribution in [0.3, 0.4) is 0 Å². The van der Waals surface area contributed by atoms with Crippen molar-refractivity contribution in [2.24, 2.45) is 0 Å². The second-order valence-electron chi connectivity index (χ2n) is 3.66. The summed E-state index contributed by atoms with van der Waals surface area (Å²) >= 11 is 0. The SMILES string of the molecule is CCCc1c[c-]ccc1.C[C-](C)C.[Y]. The van der Waals surface area contributed by atoms with Crippen molar-refractivity contribution in [2.45, 2.75) is 40.5 Å². The van der Waals surface area contributed by atoms with Crippen molar-refractivity contribution in [1.29, 1.82) is 0 Å². The minimum absolute atomic E-state index is 0. The Morgan fingerprint density at radius 1 is 1.29 bits per heavy atom. The molecule has 0 saturated carbocycles. The Morgan fingerprint density at radius 3 is 2.21 bits per heavy atom.